The maximum atomic E-state index is 13.6. The topological polar surface area (TPSA) is 74.7 Å². The van der Waals surface area contributed by atoms with Crippen LogP contribution in [0.3, 0.4) is 0 Å². The summed E-state index contributed by atoms with van der Waals surface area (Å²) in [6, 6.07) is 9.98. The van der Waals surface area contributed by atoms with Gasteiger partial charge in [0.25, 0.3) is 10.1 Å². The summed E-state index contributed by atoms with van der Waals surface area (Å²) in [4.78, 5) is 15.8. The second-order valence-electron chi connectivity index (χ2n) is 8.93. The lowest BCUT2D eigenvalue weighted by Gasteiger charge is -2.42. The van der Waals surface area contributed by atoms with E-state index in [0.29, 0.717) is 13.0 Å². The Kier molecular flexibility index (Phi) is 5.80. The fraction of sp³-hybridized carbons (Fsp3) is 0.522. The number of ketones is 1. The van der Waals surface area contributed by atoms with Crippen molar-refractivity contribution >= 4 is 21.6 Å². The van der Waals surface area contributed by atoms with Crippen molar-refractivity contribution in [3.8, 4) is 0 Å². The minimum absolute atomic E-state index is 0.0614. The highest BCUT2D eigenvalue weighted by atomic mass is 32.2. The van der Waals surface area contributed by atoms with Crippen LogP contribution in [0.2, 0.25) is 0 Å². The Morgan fingerprint density at radius 3 is 2.52 bits per heavy atom. The maximum Gasteiger partial charge on any atom is 0.282 e. The van der Waals surface area contributed by atoms with E-state index in [2.05, 4.69) is 4.90 Å². The van der Waals surface area contributed by atoms with Gasteiger partial charge in [-0.1, -0.05) is 62.8 Å². The third-order valence-electron chi connectivity index (χ3n) is 6.67. The van der Waals surface area contributed by atoms with Gasteiger partial charge in [-0.2, -0.15) is 8.42 Å². The van der Waals surface area contributed by atoms with Crippen molar-refractivity contribution in [2.24, 2.45) is 17.3 Å². The molecule has 0 saturated carbocycles. The Morgan fingerprint density at radius 1 is 1.28 bits per heavy atom. The van der Waals surface area contributed by atoms with Gasteiger partial charge in [0.05, 0.1) is 0 Å². The predicted molar refractivity (Wildman–Crippen MR) is 117 cm³/mol. The molecule has 2 aliphatic rings. The van der Waals surface area contributed by atoms with E-state index in [4.69, 9.17) is 0 Å². The average Bonchev–Trinajstić information content (AvgIpc) is 3.17. The highest BCUT2D eigenvalue weighted by Crippen LogP contribution is 2.46. The molecule has 158 valence electrons. The number of Topliss-reactive ketones (excluding diaryl/α,β-unsaturated/α-hetero) is 1. The van der Waals surface area contributed by atoms with Gasteiger partial charge >= 0.3 is 0 Å². The molecule has 1 aliphatic carbocycles. The quantitative estimate of drug-likeness (QED) is 0.700. The summed E-state index contributed by atoms with van der Waals surface area (Å²) in [5, 5.41) is 0. The number of hydrogen-bond donors (Lipinski definition) is 1. The van der Waals surface area contributed by atoms with Gasteiger partial charge in [-0.25, -0.2) is 0 Å². The molecule has 1 N–H and O–H groups in total. The van der Waals surface area contributed by atoms with Gasteiger partial charge in [0, 0.05) is 30.1 Å². The molecule has 1 aromatic rings. The molecule has 1 fully saturated rings. The van der Waals surface area contributed by atoms with Gasteiger partial charge in [-0.3, -0.25) is 9.35 Å². The number of carbonyl (C=O) groups is 1. The fourth-order valence-electron chi connectivity index (χ4n) is 4.56. The van der Waals surface area contributed by atoms with E-state index < -0.39 is 32.0 Å². The Balaban J connectivity index is 2.04. The van der Waals surface area contributed by atoms with Crippen LogP contribution < -0.4 is 4.90 Å². The van der Waals surface area contributed by atoms with Crippen LogP contribution in [0.15, 0.2) is 54.1 Å². The van der Waals surface area contributed by atoms with Crippen LogP contribution in [0.4, 0.5) is 5.69 Å². The van der Waals surface area contributed by atoms with Crippen molar-refractivity contribution in [3.05, 3.63) is 54.1 Å². The molecule has 1 aliphatic heterocycles. The van der Waals surface area contributed by atoms with E-state index in [9.17, 15) is 17.8 Å². The van der Waals surface area contributed by atoms with Crippen molar-refractivity contribution in [1.82, 2.24) is 0 Å². The van der Waals surface area contributed by atoms with Crippen LogP contribution >= 0.6 is 0 Å². The minimum atomic E-state index is -4.67. The third kappa shape index (κ3) is 3.80. The molecule has 3 atom stereocenters. The average molecular weight is 418 g/mol. The number of benzene rings is 1. The second-order valence-corrected chi connectivity index (χ2v) is 10.6. The summed E-state index contributed by atoms with van der Waals surface area (Å²) < 4.78 is 34.0. The smallest absolute Gasteiger partial charge is 0.282 e. The molecule has 0 aromatic heterocycles. The summed E-state index contributed by atoms with van der Waals surface area (Å²) in [6.07, 6.45) is 6.21. The molecule has 1 aromatic carbocycles. The highest BCUT2D eigenvalue weighted by molar-refractivity contribution is 7.88. The molecule has 1 heterocycles. The zero-order valence-corrected chi connectivity index (χ0v) is 18.4. The van der Waals surface area contributed by atoms with Crippen LogP contribution in [0, 0.1) is 17.3 Å². The predicted octanol–water partition coefficient (Wildman–Crippen LogP) is 4.28. The molecule has 0 amide bonds. The van der Waals surface area contributed by atoms with E-state index in [1.54, 1.807) is 19.9 Å². The molecule has 3 rings (SSSR count). The highest BCUT2D eigenvalue weighted by Gasteiger charge is 2.59. The lowest BCUT2D eigenvalue weighted by atomic mass is 9.68. The number of rotatable bonds is 6. The molecule has 5 nitrogen and oxygen atoms in total. The molecule has 1 saturated heterocycles. The Bertz CT molecular complexity index is 933. The van der Waals surface area contributed by atoms with Crippen LogP contribution in [-0.4, -0.2) is 36.6 Å². The Morgan fingerprint density at radius 2 is 1.93 bits per heavy atom. The number of carbonyl (C=O) groups excluding carboxylic acids is 1. The van der Waals surface area contributed by atoms with Crippen molar-refractivity contribution in [2.75, 3.05) is 18.0 Å². The van der Waals surface area contributed by atoms with Crippen LogP contribution in [-0.2, 0) is 14.9 Å². The Labute approximate surface area is 174 Å². The zero-order chi connectivity index (χ0) is 21.4. The van der Waals surface area contributed by atoms with Gasteiger partial charge in [-0.15, -0.1) is 0 Å². The van der Waals surface area contributed by atoms with Gasteiger partial charge in [0.1, 0.15) is 0 Å². The van der Waals surface area contributed by atoms with Crippen LogP contribution in [0.5, 0.6) is 0 Å². The number of nitrogens with zero attached hydrogens (tertiary/aromatic N) is 1. The summed E-state index contributed by atoms with van der Waals surface area (Å²) in [5.41, 5.74) is 1.13. The van der Waals surface area contributed by atoms with Crippen molar-refractivity contribution in [3.63, 3.8) is 0 Å². The number of hydrogen-bond acceptors (Lipinski definition) is 4. The molecule has 6 heteroatoms. The standard InChI is InChI=1S/C23H31NO4S/c1-5-22(3,4)21(25)23(29(26,27)28)13-11-17(2)15-20(23)18-12-14-24(16-18)19-9-7-6-8-10-19/h6-11,13,15,18,20H,5,12,14,16H2,1-4H3,(H,26,27,28)/t18?,20-,23?/m1/s1. The first-order valence-electron chi connectivity index (χ1n) is 10.2. The lowest BCUT2D eigenvalue weighted by molar-refractivity contribution is -0.130. The van der Waals surface area contributed by atoms with E-state index in [0.717, 1.165) is 24.2 Å². The first-order valence-corrected chi connectivity index (χ1v) is 11.7. The Hall–Kier alpha value is -1.92. The van der Waals surface area contributed by atoms with Crippen molar-refractivity contribution in [1.29, 1.82) is 0 Å². The van der Waals surface area contributed by atoms with Gasteiger partial charge in [0.2, 0.25) is 0 Å². The van der Waals surface area contributed by atoms with Gasteiger partial charge in [0.15, 0.2) is 10.5 Å². The van der Waals surface area contributed by atoms with Crippen molar-refractivity contribution < 1.29 is 17.8 Å². The number of allylic oxidation sites excluding steroid dienone is 3. The largest absolute Gasteiger partial charge is 0.371 e. The van der Waals surface area contributed by atoms with Crippen LogP contribution in [0.1, 0.15) is 40.5 Å². The zero-order valence-electron chi connectivity index (χ0n) is 17.6. The molecular formula is C23H31NO4S. The summed E-state index contributed by atoms with van der Waals surface area (Å²) in [5.74, 6) is -1.10. The van der Waals surface area contributed by atoms with E-state index in [1.807, 2.05) is 50.3 Å². The maximum absolute atomic E-state index is 13.6. The summed E-state index contributed by atoms with van der Waals surface area (Å²) in [7, 11) is -4.67. The first kappa shape index (κ1) is 21.8. The second kappa shape index (κ2) is 7.73. The van der Waals surface area contributed by atoms with E-state index in [-0.39, 0.29) is 5.92 Å². The third-order valence-corrected chi connectivity index (χ3v) is 8.11. The minimum Gasteiger partial charge on any atom is -0.371 e. The fourth-order valence-corrected chi connectivity index (χ4v) is 5.92. The molecular weight excluding hydrogens is 386 g/mol. The molecule has 29 heavy (non-hydrogen) atoms. The normalized spacial score (nSPS) is 27.8. The molecule has 0 bridgehead atoms. The van der Waals surface area contributed by atoms with Crippen LogP contribution in [0.25, 0.3) is 0 Å². The monoisotopic (exact) mass is 417 g/mol. The van der Waals surface area contributed by atoms with Gasteiger partial charge in [-0.05, 0) is 37.8 Å². The SMILES string of the molecule is CCC(C)(C)C(=O)C1(S(=O)(=O)O)C=CC(C)=C[C@@H]1C1CCN(c2ccccc2)C1. The summed E-state index contributed by atoms with van der Waals surface area (Å²) >= 11 is 0. The van der Waals surface area contributed by atoms with Gasteiger partial charge < -0.3 is 4.90 Å². The first-order chi connectivity index (χ1) is 13.5. The number of para-hydroxylation sites is 1. The molecule has 0 radical (unpaired) electrons. The van der Waals surface area contributed by atoms with E-state index in [1.165, 1.54) is 6.08 Å². The van der Waals surface area contributed by atoms with E-state index >= 15 is 0 Å². The molecule has 0 spiro atoms. The van der Waals surface area contributed by atoms with Crippen molar-refractivity contribution in [2.45, 2.75) is 45.3 Å². The summed E-state index contributed by atoms with van der Waals surface area (Å²) in [6.45, 7) is 8.70. The lowest BCUT2D eigenvalue weighted by Crippen LogP contribution is -2.57. The molecule has 2 unspecified atom stereocenters. The number of anilines is 1.